The topological polar surface area (TPSA) is 50.5 Å². The summed E-state index contributed by atoms with van der Waals surface area (Å²) in [5.74, 6) is -0.121. The van der Waals surface area contributed by atoms with Crippen LogP contribution in [0.4, 0.5) is 5.69 Å². The molecule has 21 heavy (non-hydrogen) atoms. The molecule has 1 amide bonds. The lowest BCUT2D eigenvalue weighted by atomic mass is 10.1. The van der Waals surface area contributed by atoms with Crippen molar-refractivity contribution in [1.29, 1.82) is 0 Å². The van der Waals surface area contributed by atoms with Crippen molar-refractivity contribution in [2.75, 3.05) is 5.01 Å². The van der Waals surface area contributed by atoms with Crippen LogP contribution in [0.25, 0.3) is 6.08 Å². The molecule has 3 rings (SSSR count). The molecule has 5 nitrogen and oxygen atoms in total. The van der Waals surface area contributed by atoms with E-state index in [-0.39, 0.29) is 5.91 Å². The summed E-state index contributed by atoms with van der Waals surface area (Å²) in [4.78, 5) is 12.5. The summed E-state index contributed by atoms with van der Waals surface area (Å²) < 4.78 is 1.83. The number of aromatic nitrogens is 2. The Kier molecular flexibility index (Phi) is 3.39. The van der Waals surface area contributed by atoms with E-state index in [1.54, 1.807) is 6.08 Å². The zero-order chi connectivity index (χ0) is 14.8. The number of hydrogen-bond donors (Lipinski definition) is 0. The predicted octanol–water partition coefficient (Wildman–Crippen LogP) is 2.71. The van der Waals surface area contributed by atoms with Gasteiger partial charge in [-0.1, -0.05) is 18.2 Å². The van der Waals surface area contributed by atoms with Gasteiger partial charge in [-0.15, -0.1) is 0 Å². The van der Waals surface area contributed by atoms with E-state index in [9.17, 15) is 4.79 Å². The number of benzene rings is 1. The van der Waals surface area contributed by atoms with Crippen LogP contribution in [0.15, 0.2) is 53.3 Å². The van der Waals surface area contributed by atoms with Crippen molar-refractivity contribution in [2.24, 2.45) is 5.10 Å². The summed E-state index contributed by atoms with van der Waals surface area (Å²) in [6, 6.07) is 11.3. The molecule has 1 aromatic carbocycles. The minimum Gasteiger partial charge on any atom is -0.272 e. The van der Waals surface area contributed by atoms with Crippen LogP contribution in [-0.2, 0) is 11.3 Å². The highest BCUT2D eigenvalue weighted by atomic mass is 16.2. The van der Waals surface area contributed by atoms with Crippen molar-refractivity contribution in [3.63, 3.8) is 0 Å². The number of hydrogen-bond acceptors (Lipinski definition) is 3. The zero-order valence-electron chi connectivity index (χ0n) is 12.0. The minimum atomic E-state index is -0.121. The Labute approximate surface area is 123 Å². The molecule has 0 saturated heterocycles. The number of amides is 1. The maximum Gasteiger partial charge on any atom is 0.280 e. The monoisotopic (exact) mass is 280 g/mol. The van der Waals surface area contributed by atoms with Crippen LogP contribution in [0, 0.1) is 0 Å². The van der Waals surface area contributed by atoms with Gasteiger partial charge in [-0.05, 0) is 38.1 Å². The molecular formula is C16H16N4O. The van der Waals surface area contributed by atoms with Crippen LogP contribution in [0.2, 0.25) is 0 Å². The van der Waals surface area contributed by atoms with E-state index in [2.05, 4.69) is 10.2 Å². The Bertz CT molecular complexity index is 728. The molecule has 2 aromatic rings. The average Bonchev–Trinajstić information content (AvgIpc) is 3.08. The minimum absolute atomic E-state index is 0.121. The number of carbonyl (C=O) groups excluding carboxylic acids is 1. The molecule has 0 fully saturated rings. The van der Waals surface area contributed by atoms with Gasteiger partial charge in [0.1, 0.15) is 0 Å². The number of rotatable bonds is 3. The number of hydrazone groups is 1. The molecule has 0 saturated carbocycles. The van der Waals surface area contributed by atoms with Gasteiger partial charge in [0.2, 0.25) is 0 Å². The Morgan fingerprint density at radius 3 is 2.62 bits per heavy atom. The van der Waals surface area contributed by atoms with E-state index in [0.29, 0.717) is 11.3 Å². The van der Waals surface area contributed by atoms with Crippen LogP contribution in [-0.4, -0.2) is 21.4 Å². The number of carbonyl (C=O) groups is 1. The van der Waals surface area contributed by atoms with Gasteiger partial charge in [0.25, 0.3) is 5.91 Å². The first-order valence-corrected chi connectivity index (χ1v) is 6.89. The summed E-state index contributed by atoms with van der Waals surface area (Å²) in [6.07, 6.45) is 3.68. The lowest BCUT2D eigenvalue weighted by molar-refractivity contribution is -0.114. The lowest BCUT2D eigenvalue weighted by Crippen LogP contribution is -2.21. The van der Waals surface area contributed by atoms with Gasteiger partial charge in [-0.3, -0.25) is 9.48 Å². The fraction of sp³-hybridized carbons (Fsp3) is 0.188. The second-order valence-corrected chi connectivity index (χ2v) is 4.79. The molecular weight excluding hydrogens is 264 g/mol. The standard InChI is InChI=1S/C16H16N4O/c1-3-19-10-9-13(18-19)11-15-12(2)17-20(16(15)21)14-7-5-4-6-8-14/h4-11H,3H2,1-2H3. The quantitative estimate of drug-likeness (QED) is 0.812. The Hall–Kier alpha value is -2.69. The molecule has 0 atom stereocenters. The van der Waals surface area contributed by atoms with E-state index in [0.717, 1.165) is 17.9 Å². The molecule has 5 heteroatoms. The van der Waals surface area contributed by atoms with Crippen LogP contribution < -0.4 is 5.01 Å². The van der Waals surface area contributed by atoms with E-state index >= 15 is 0 Å². The lowest BCUT2D eigenvalue weighted by Gasteiger charge is -2.10. The normalized spacial score (nSPS) is 16.7. The molecule has 2 heterocycles. The largest absolute Gasteiger partial charge is 0.280 e. The van der Waals surface area contributed by atoms with Gasteiger partial charge in [0.15, 0.2) is 0 Å². The molecule has 0 aliphatic carbocycles. The molecule has 1 aromatic heterocycles. The van der Waals surface area contributed by atoms with Gasteiger partial charge < -0.3 is 0 Å². The SMILES string of the molecule is CCn1ccc(C=C2C(=O)N(c3ccccc3)N=C2C)n1. The maximum atomic E-state index is 12.5. The third-order valence-electron chi connectivity index (χ3n) is 3.34. The average molecular weight is 280 g/mol. The zero-order valence-corrected chi connectivity index (χ0v) is 12.0. The van der Waals surface area contributed by atoms with Crippen LogP contribution >= 0.6 is 0 Å². The second-order valence-electron chi connectivity index (χ2n) is 4.79. The fourth-order valence-electron chi connectivity index (χ4n) is 2.21. The first-order valence-electron chi connectivity index (χ1n) is 6.89. The van der Waals surface area contributed by atoms with Crippen molar-refractivity contribution in [3.05, 3.63) is 53.9 Å². The predicted molar refractivity (Wildman–Crippen MR) is 82.9 cm³/mol. The Morgan fingerprint density at radius 1 is 1.19 bits per heavy atom. The molecule has 106 valence electrons. The summed E-state index contributed by atoms with van der Waals surface area (Å²) in [5.41, 5.74) is 2.82. The van der Waals surface area contributed by atoms with Crippen LogP contribution in [0.1, 0.15) is 19.5 Å². The van der Waals surface area contributed by atoms with Gasteiger partial charge in [0.05, 0.1) is 22.7 Å². The van der Waals surface area contributed by atoms with Crippen molar-refractivity contribution in [2.45, 2.75) is 20.4 Å². The first kappa shape index (κ1) is 13.3. The summed E-state index contributed by atoms with van der Waals surface area (Å²) in [5, 5.41) is 10.1. The second kappa shape index (κ2) is 5.36. The smallest absolute Gasteiger partial charge is 0.272 e. The number of aryl methyl sites for hydroxylation is 1. The van der Waals surface area contributed by atoms with E-state index in [4.69, 9.17) is 0 Å². The molecule has 1 aliphatic heterocycles. The van der Waals surface area contributed by atoms with E-state index < -0.39 is 0 Å². The van der Waals surface area contributed by atoms with Gasteiger partial charge in [-0.2, -0.15) is 15.2 Å². The molecule has 0 radical (unpaired) electrons. The summed E-state index contributed by atoms with van der Waals surface area (Å²) >= 11 is 0. The van der Waals surface area contributed by atoms with Crippen molar-refractivity contribution in [1.82, 2.24) is 9.78 Å². The number of anilines is 1. The number of para-hydroxylation sites is 1. The third kappa shape index (κ3) is 2.50. The van der Waals surface area contributed by atoms with Crippen molar-refractivity contribution in [3.8, 4) is 0 Å². The highest BCUT2D eigenvalue weighted by Crippen LogP contribution is 2.24. The van der Waals surface area contributed by atoms with E-state index in [1.807, 2.05) is 61.1 Å². The number of nitrogens with zero attached hydrogens (tertiary/aromatic N) is 4. The molecule has 1 aliphatic rings. The van der Waals surface area contributed by atoms with Crippen LogP contribution in [0.5, 0.6) is 0 Å². The summed E-state index contributed by atoms with van der Waals surface area (Å²) in [7, 11) is 0. The summed E-state index contributed by atoms with van der Waals surface area (Å²) in [6.45, 7) is 4.66. The van der Waals surface area contributed by atoms with Gasteiger partial charge in [-0.25, -0.2) is 0 Å². The van der Waals surface area contributed by atoms with Gasteiger partial charge >= 0.3 is 0 Å². The molecule has 0 spiro atoms. The third-order valence-corrected chi connectivity index (χ3v) is 3.34. The molecule has 0 bridgehead atoms. The Morgan fingerprint density at radius 2 is 1.95 bits per heavy atom. The first-order chi connectivity index (χ1) is 10.2. The van der Waals surface area contributed by atoms with Crippen molar-refractivity contribution < 1.29 is 4.79 Å². The fourth-order valence-corrected chi connectivity index (χ4v) is 2.21. The molecule has 0 N–H and O–H groups in total. The highest BCUT2D eigenvalue weighted by molar-refractivity contribution is 6.32. The Balaban J connectivity index is 1.92. The van der Waals surface area contributed by atoms with E-state index in [1.165, 1.54) is 5.01 Å². The highest BCUT2D eigenvalue weighted by Gasteiger charge is 2.28. The van der Waals surface area contributed by atoms with Crippen LogP contribution in [0.3, 0.4) is 0 Å². The van der Waals surface area contributed by atoms with Gasteiger partial charge in [0, 0.05) is 12.7 Å². The molecule has 0 unspecified atom stereocenters. The van der Waals surface area contributed by atoms with Crippen molar-refractivity contribution >= 4 is 23.4 Å². The maximum absolute atomic E-state index is 12.5.